The number of hydrogen-bond donors (Lipinski definition) is 0. The van der Waals surface area contributed by atoms with Crippen LogP contribution in [0.1, 0.15) is 16.7 Å². The van der Waals surface area contributed by atoms with Gasteiger partial charge in [0, 0.05) is 38.4 Å². The van der Waals surface area contributed by atoms with Crippen molar-refractivity contribution in [3.8, 4) is 0 Å². The van der Waals surface area contributed by atoms with E-state index in [1.807, 2.05) is 0 Å². The number of anilines is 1. The average Bonchev–Trinajstić information content (AvgIpc) is 2.56. The van der Waals surface area contributed by atoms with Gasteiger partial charge in [-0.25, -0.2) is 0 Å². The minimum absolute atomic E-state index is 0.345. The van der Waals surface area contributed by atoms with E-state index < -0.39 is 11.7 Å². The Bertz CT molecular complexity index is 672. The first-order valence-corrected chi connectivity index (χ1v) is 8.12. The number of piperazine rings is 1. The van der Waals surface area contributed by atoms with Crippen molar-refractivity contribution < 1.29 is 13.2 Å². The van der Waals surface area contributed by atoms with E-state index in [9.17, 15) is 13.2 Å². The van der Waals surface area contributed by atoms with Gasteiger partial charge in [-0.3, -0.25) is 4.90 Å². The van der Waals surface area contributed by atoms with E-state index in [0.29, 0.717) is 12.1 Å². The molecular weight excluding hydrogens is 313 g/mol. The summed E-state index contributed by atoms with van der Waals surface area (Å²) in [7, 11) is 0. The van der Waals surface area contributed by atoms with Crippen molar-refractivity contribution in [3.63, 3.8) is 0 Å². The van der Waals surface area contributed by atoms with Gasteiger partial charge in [0.1, 0.15) is 0 Å². The first-order valence-electron chi connectivity index (χ1n) is 8.12. The second-order valence-corrected chi connectivity index (χ2v) is 6.25. The molecule has 0 aliphatic carbocycles. The molecule has 1 saturated heterocycles. The Balaban J connectivity index is 1.63. The highest BCUT2D eigenvalue weighted by Gasteiger charge is 2.33. The fourth-order valence-electron chi connectivity index (χ4n) is 3.10. The van der Waals surface area contributed by atoms with E-state index >= 15 is 0 Å². The molecule has 1 aliphatic heterocycles. The lowest BCUT2D eigenvalue weighted by Crippen LogP contribution is -2.46. The molecule has 1 heterocycles. The summed E-state index contributed by atoms with van der Waals surface area (Å²) in [5.41, 5.74) is 2.23. The van der Waals surface area contributed by atoms with Crippen molar-refractivity contribution in [1.82, 2.24) is 4.90 Å². The van der Waals surface area contributed by atoms with E-state index in [-0.39, 0.29) is 0 Å². The third-order valence-electron chi connectivity index (χ3n) is 4.49. The summed E-state index contributed by atoms with van der Waals surface area (Å²) in [6, 6.07) is 14.2. The molecule has 0 amide bonds. The molecule has 24 heavy (non-hydrogen) atoms. The Kier molecular flexibility index (Phi) is 4.81. The highest BCUT2D eigenvalue weighted by atomic mass is 19.4. The van der Waals surface area contributed by atoms with Gasteiger partial charge in [0.15, 0.2) is 0 Å². The summed E-state index contributed by atoms with van der Waals surface area (Å²) < 4.78 is 39.3. The van der Waals surface area contributed by atoms with Gasteiger partial charge in [-0.05, 0) is 30.7 Å². The van der Waals surface area contributed by atoms with E-state index in [1.165, 1.54) is 17.3 Å². The van der Waals surface area contributed by atoms with Gasteiger partial charge in [-0.15, -0.1) is 0 Å². The molecule has 0 bridgehead atoms. The van der Waals surface area contributed by atoms with Gasteiger partial charge < -0.3 is 4.90 Å². The molecule has 0 aromatic heterocycles. The minimum atomic E-state index is -4.29. The zero-order valence-electron chi connectivity index (χ0n) is 13.7. The van der Waals surface area contributed by atoms with Crippen LogP contribution in [0.2, 0.25) is 0 Å². The van der Waals surface area contributed by atoms with Crippen molar-refractivity contribution in [2.45, 2.75) is 19.6 Å². The van der Waals surface area contributed by atoms with E-state index in [4.69, 9.17) is 0 Å². The lowest BCUT2D eigenvalue weighted by Gasteiger charge is -2.36. The summed E-state index contributed by atoms with van der Waals surface area (Å²) >= 11 is 0. The van der Waals surface area contributed by atoms with E-state index in [0.717, 1.165) is 32.2 Å². The van der Waals surface area contributed by atoms with Crippen LogP contribution in [0.15, 0.2) is 48.5 Å². The van der Waals surface area contributed by atoms with Gasteiger partial charge in [-0.2, -0.15) is 13.2 Å². The van der Waals surface area contributed by atoms with Crippen molar-refractivity contribution in [2.75, 3.05) is 31.1 Å². The molecule has 0 N–H and O–H groups in total. The molecule has 2 aromatic carbocycles. The average molecular weight is 334 g/mol. The number of benzene rings is 2. The highest BCUT2D eigenvalue weighted by molar-refractivity contribution is 5.47. The van der Waals surface area contributed by atoms with Crippen molar-refractivity contribution in [1.29, 1.82) is 0 Å². The Hall–Kier alpha value is -2.01. The van der Waals surface area contributed by atoms with Gasteiger partial charge in [0.05, 0.1) is 5.56 Å². The van der Waals surface area contributed by atoms with Crippen LogP contribution < -0.4 is 4.90 Å². The maximum atomic E-state index is 13.1. The van der Waals surface area contributed by atoms with Crippen LogP contribution in [0.25, 0.3) is 0 Å². The molecule has 1 fully saturated rings. The zero-order valence-corrected chi connectivity index (χ0v) is 13.7. The largest absolute Gasteiger partial charge is 0.416 e. The van der Waals surface area contributed by atoms with Crippen LogP contribution in [0, 0.1) is 6.92 Å². The fourth-order valence-corrected chi connectivity index (χ4v) is 3.10. The first-order chi connectivity index (χ1) is 11.4. The third kappa shape index (κ3) is 3.90. The van der Waals surface area contributed by atoms with Crippen LogP contribution in [-0.2, 0) is 12.7 Å². The predicted molar refractivity (Wildman–Crippen MR) is 90.1 cm³/mol. The van der Waals surface area contributed by atoms with Crippen molar-refractivity contribution >= 4 is 5.69 Å². The number of rotatable bonds is 3. The van der Waals surface area contributed by atoms with Gasteiger partial charge in [-0.1, -0.05) is 35.9 Å². The smallest absolute Gasteiger partial charge is 0.369 e. The Morgan fingerprint density at radius 1 is 0.875 bits per heavy atom. The molecule has 0 spiro atoms. The van der Waals surface area contributed by atoms with Crippen LogP contribution in [-0.4, -0.2) is 31.1 Å². The molecule has 5 heteroatoms. The van der Waals surface area contributed by atoms with Gasteiger partial charge >= 0.3 is 6.18 Å². The summed E-state index contributed by atoms with van der Waals surface area (Å²) in [4.78, 5) is 4.38. The maximum Gasteiger partial charge on any atom is 0.416 e. The number of hydrogen-bond acceptors (Lipinski definition) is 2. The lowest BCUT2D eigenvalue weighted by molar-refractivity contribution is -0.138. The minimum Gasteiger partial charge on any atom is -0.369 e. The van der Waals surface area contributed by atoms with Gasteiger partial charge in [0.25, 0.3) is 0 Å². The predicted octanol–water partition coefficient (Wildman–Crippen LogP) is 4.34. The molecule has 0 atom stereocenters. The fraction of sp³-hybridized carbons (Fsp3) is 0.368. The summed E-state index contributed by atoms with van der Waals surface area (Å²) in [5, 5.41) is 0. The maximum absolute atomic E-state index is 13.1. The second-order valence-electron chi connectivity index (χ2n) is 6.25. The highest BCUT2D eigenvalue weighted by Crippen LogP contribution is 2.32. The molecule has 0 saturated carbocycles. The number of nitrogens with zero attached hydrogens (tertiary/aromatic N) is 2. The SMILES string of the molecule is Cc1ccc(N2CCN(Cc3ccccc3C(F)(F)F)CC2)cc1. The number of alkyl halides is 3. The summed E-state index contributed by atoms with van der Waals surface area (Å²) in [6.07, 6.45) is -4.29. The number of aryl methyl sites for hydroxylation is 1. The molecule has 0 unspecified atom stereocenters. The standard InChI is InChI=1S/C19H21F3N2/c1-15-6-8-17(9-7-15)24-12-10-23(11-13-24)14-16-4-2-3-5-18(16)19(20,21)22/h2-9H,10-14H2,1H3. The normalized spacial score (nSPS) is 16.4. The quantitative estimate of drug-likeness (QED) is 0.824. The molecule has 2 aromatic rings. The molecular formula is C19H21F3N2. The van der Waals surface area contributed by atoms with Crippen molar-refractivity contribution in [3.05, 3.63) is 65.2 Å². The lowest BCUT2D eigenvalue weighted by atomic mass is 10.1. The van der Waals surface area contributed by atoms with Crippen LogP contribution in [0.4, 0.5) is 18.9 Å². The van der Waals surface area contributed by atoms with Gasteiger partial charge in [0.2, 0.25) is 0 Å². The Morgan fingerprint density at radius 3 is 2.12 bits per heavy atom. The van der Waals surface area contributed by atoms with Crippen molar-refractivity contribution in [2.24, 2.45) is 0 Å². The van der Waals surface area contributed by atoms with Crippen LogP contribution >= 0.6 is 0 Å². The molecule has 3 rings (SSSR count). The second kappa shape index (κ2) is 6.85. The topological polar surface area (TPSA) is 6.48 Å². The Labute approximate surface area is 140 Å². The molecule has 0 radical (unpaired) electrons. The monoisotopic (exact) mass is 334 g/mol. The molecule has 1 aliphatic rings. The van der Waals surface area contributed by atoms with E-state index in [2.05, 4.69) is 41.0 Å². The Morgan fingerprint density at radius 2 is 1.50 bits per heavy atom. The third-order valence-corrected chi connectivity index (χ3v) is 4.49. The van der Waals surface area contributed by atoms with Crippen LogP contribution in [0.3, 0.4) is 0 Å². The number of halogens is 3. The molecule has 128 valence electrons. The van der Waals surface area contributed by atoms with E-state index in [1.54, 1.807) is 12.1 Å². The zero-order chi connectivity index (χ0) is 17.2. The summed E-state index contributed by atoms with van der Waals surface area (Å²) in [6.45, 7) is 5.59. The molecule has 2 nitrogen and oxygen atoms in total. The first kappa shape index (κ1) is 16.8. The van der Waals surface area contributed by atoms with Crippen LogP contribution in [0.5, 0.6) is 0 Å². The summed E-state index contributed by atoms with van der Waals surface area (Å²) in [5.74, 6) is 0.